The van der Waals surface area contributed by atoms with Crippen LogP contribution < -0.4 is 10.6 Å². The van der Waals surface area contributed by atoms with E-state index in [0.29, 0.717) is 18.2 Å². The molecule has 0 aliphatic rings. The van der Waals surface area contributed by atoms with Gasteiger partial charge in [0.25, 0.3) is 5.91 Å². The van der Waals surface area contributed by atoms with Crippen molar-refractivity contribution in [2.24, 2.45) is 5.73 Å². The minimum atomic E-state index is -0.564. The third-order valence-corrected chi connectivity index (χ3v) is 4.77. The molecule has 0 saturated carbocycles. The van der Waals surface area contributed by atoms with E-state index < -0.39 is 5.91 Å². The molecule has 2 heterocycles. The van der Waals surface area contributed by atoms with Gasteiger partial charge < -0.3 is 15.6 Å². The lowest BCUT2D eigenvalue weighted by Crippen LogP contribution is -2.24. The van der Waals surface area contributed by atoms with E-state index in [0.717, 1.165) is 17.5 Å². The summed E-state index contributed by atoms with van der Waals surface area (Å²) in [5.41, 5.74) is 9.65. The molecular weight excluding hydrogens is 350 g/mol. The molecule has 1 amide bonds. The minimum absolute atomic E-state index is 0.211. The summed E-state index contributed by atoms with van der Waals surface area (Å²) in [7, 11) is 1.92. The molecule has 4 aromatic rings. The molecule has 0 aliphatic heterocycles. The molecule has 2 aromatic heterocycles. The standard InChI is InChI=1S/C22H21N5O/c1-27(12-11-16-14-24-18-10-6-5-9-17(16)18)22-25-19(13-20(26-22)21(23)28)15-7-3-2-4-8-15/h2-10,13-14,24H,11-12H2,1H3,(H2,23,28). The Balaban J connectivity index is 1.60. The van der Waals surface area contributed by atoms with Crippen LogP contribution in [-0.2, 0) is 6.42 Å². The van der Waals surface area contributed by atoms with Crippen molar-refractivity contribution in [2.45, 2.75) is 6.42 Å². The number of nitrogens with one attached hydrogen (secondary N) is 1. The molecule has 140 valence electrons. The predicted molar refractivity (Wildman–Crippen MR) is 111 cm³/mol. The second-order valence-electron chi connectivity index (χ2n) is 6.70. The molecule has 0 spiro atoms. The Morgan fingerprint density at radius 1 is 1.07 bits per heavy atom. The third-order valence-electron chi connectivity index (χ3n) is 4.77. The lowest BCUT2D eigenvalue weighted by molar-refractivity contribution is 0.0995. The van der Waals surface area contributed by atoms with E-state index in [1.54, 1.807) is 6.07 Å². The Kier molecular flexibility index (Phi) is 4.76. The SMILES string of the molecule is CN(CCc1c[nH]c2ccccc12)c1nc(C(N)=O)cc(-c2ccccc2)n1. The monoisotopic (exact) mass is 371 g/mol. The second kappa shape index (κ2) is 7.52. The molecule has 0 radical (unpaired) electrons. The van der Waals surface area contributed by atoms with Crippen molar-refractivity contribution in [3.8, 4) is 11.3 Å². The molecule has 3 N–H and O–H groups in total. The highest BCUT2D eigenvalue weighted by molar-refractivity contribution is 5.92. The van der Waals surface area contributed by atoms with Crippen LogP contribution in [0.4, 0.5) is 5.95 Å². The Morgan fingerprint density at radius 3 is 2.61 bits per heavy atom. The van der Waals surface area contributed by atoms with Gasteiger partial charge in [-0.2, -0.15) is 0 Å². The van der Waals surface area contributed by atoms with Gasteiger partial charge in [-0.25, -0.2) is 9.97 Å². The number of nitrogens with zero attached hydrogens (tertiary/aromatic N) is 3. The highest BCUT2D eigenvalue weighted by Crippen LogP contribution is 2.22. The van der Waals surface area contributed by atoms with Crippen LogP contribution in [0.5, 0.6) is 0 Å². The first-order chi connectivity index (χ1) is 13.6. The first-order valence-electron chi connectivity index (χ1n) is 9.12. The molecule has 0 fully saturated rings. The Bertz CT molecular complexity index is 1120. The number of para-hydroxylation sites is 1. The number of amides is 1. The summed E-state index contributed by atoms with van der Waals surface area (Å²) in [5, 5.41) is 1.22. The van der Waals surface area contributed by atoms with Crippen LogP contribution in [0.25, 0.3) is 22.2 Å². The number of primary amides is 1. The lowest BCUT2D eigenvalue weighted by atomic mass is 10.1. The molecular formula is C22H21N5O. The van der Waals surface area contributed by atoms with Gasteiger partial charge in [-0.1, -0.05) is 48.5 Å². The number of carbonyl (C=O) groups is 1. The van der Waals surface area contributed by atoms with Crippen LogP contribution in [0.15, 0.2) is 66.9 Å². The van der Waals surface area contributed by atoms with Crippen LogP contribution in [0.2, 0.25) is 0 Å². The van der Waals surface area contributed by atoms with Crippen LogP contribution >= 0.6 is 0 Å². The number of benzene rings is 2. The molecule has 4 rings (SSSR count). The number of likely N-dealkylation sites (N-methyl/N-ethyl adjacent to an activating group) is 1. The molecule has 2 aromatic carbocycles. The summed E-state index contributed by atoms with van der Waals surface area (Å²) in [6, 6.07) is 19.6. The van der Waals surface area contributed by atoms with E-state index in [9.17, 15) is 4.79 Å². The number of aromatic amines is 1. The Labute approximate surface area is 163 Å². The number of H-pyrrole nitrogens is 1. The van der Waals surface area contributed by atoms with Crippen molar-refractivity contribution in [3.05, 3.63) is 78.1 Å². The summed E-state index contributed by atoms with van der Waals surface area (Å²) >= 11 is 0. The average molecular weight is 371 g/mol. The zero-order valence-electron chi connectivity index (χ0n) is 15.6. The largest absolute Gasteiger partial charge is 0.364 e. The minimum Gasteiger partial charge on any atom is -0.364 e. The van der Waals surface area contributed by atoms with Gasteiger partial charge >= 0.3 is 0 Å². The summed E-state index contributed by atoms with van der Waals surface area (Å²) < 4.78 is 0. The highest BCUT2D eigenvalue weighted by Gasteiger charge is 2.14. The average Bonchev–Trinajstić information content (AvgIpc) is 3.15. The molecule has 6 heteroatoms. The number of nitrogens with two attached hydrogens (primary N) is 1. The van der Waals surface area contributed by atoms with Gasteiger partial charge in [0.05, 0.1) is 5.69 Å². The fourth-order valence-electron chi connectivity index (χ4n) is 3.21. The highest BCUT2D eigenvalue weighted by atomic mass is 16.1. The maximum Gasteiger partial charge on any atom is 0.267 e. The van der Waals surface area contributed by atoms with Crippen molar-refractivity contribution in [1.82, 2.24) is 15.0 Å². The number of aromatic nitrogens is 3. The number of hydrogen-bond donors (Lipinski definition) is 2. The molecule has 28 heavy (non-hydrogen) atoms. The van der Waals surface area contributed by atoms with Crippen molar-refractivity contribution in [3.63, 3.8) is 0 Å². The van der Waals surface area contributed by atoms with Crippen molar-refractivity contribution in [2.75, 3.05) is 18.5 Å². The summed E-state index contributed by atoms with van der Waals surface area (Å²) in [5.74, 6) is -0.0825. The maximum absolute atomic E-state index is 11.8. The summed E-state index contributed by atoms with van der Waals surface area (Å²) in [6.07, 6.45) is 2.86. The number of rotatable bonds is 6. The van der Waals surface area contributed by atoms with Gasteiger partial charge in [0.1, 0.15) is 5.69 Å². The fourth-order valence-corrected chi connectivity index (χ4v) is 3.21. The Morgan fingerprint density at radius 2 is 1.82 bits per heavy atom. The van der Waals surface area contributed by atoms with Gasteiger partial charge in [0.15, 0.2) is 0 Å². The van der Waals surface area contributed by atoms with E-state index in [1.807, 2.05) is 60.6 Å². The number of carbonyl (C=O) groups excluding carboxylic acids is 1. The van der Waals surface area contributed by atoms with Crippen molar-refractivity contribution >= 4 is 22.8 Å². The van der Waals surface area contributed by atoms with Gasteiger partial charge in [0, 0.05) is 36.3 Å². The summed E-state index contributed by atoms with van der Waals surface area (Å²) in [4.78, 5) is 26.0. The van der Waals surface area contributed by atoms with Gasteiger partial charge in [-0.3, -0.25) is 4.79 Å². The normalized spacial score (nSPS) is 10.9. The number of fused-ring (bicyclic) bond motifs is 1. The molecule has 0 aliphatic carbocycles. The van der Waals surface area contributed by atoms with E-state index in [1.165, 1.54) is 10.9 Å². The van der Waals surface area contributed by atoms with Gasteiger partial charge in [0.2, 0.25) is 5.95 Å². The smallest absolute Gasteiger partial charge is 0.267 e. The first kappa shape index (κ1) is 17.7. The quantitative estimate of drug-likeness (QED) is 0.544. The van der Waals surface area contributed by atoms with Gasteiger partial charge in [-0.05, 0) is 24.1 Å². The predicted octanol–water partition coefficient (Wildman–Crippen LogP) is 3.40. The van der Waals surface area contributed by atoms with Crippen LogP contribution in [0, 0.1) is 0 Å². The molecule has 0 bridgehead atoms. The summed E-state index contributed by atoms with van der Waals surface area (Å²) in [6.45, 7) is 0.707. The third kappa shape index (κ3) is 3.57. The number of hydrogen-bond acceptors (Lipinski definition) is 4. The van der Waals surface area contributed by atoms with E-state index >= 15 is 0 Å². The molecule has 0 saturated heterocycles. The number of anilines is 1. The lowest BCUT2D eigenvalue weighted by Gasteiger charge is -2.18. The van der Waals surface area contributed by atoms with E-state index in [2.05, 4.69) is 27.1 Å². The zero-order valence-corrected chi connectivity index (χ0v) is 15.6. The Hall–Kier alpha value is -3.67. The maximum atomic E-state index is 11.8. The fraction of sp³-hybridized carbons (Fsp3) is 0.136. The van der Waals surface area contributed by atoms with E-state index in [4.69, 9.17) is 5.73 Å². The zero-order chi connectivity index (χ0) is 19.5. The van der Waals surface area contributed by atoms with Gasteiger partial charge in [-0.15, -0.1) is 0 Å². The second-order valence-corrected chi connectivity index (χ2v) is 6.70. The van der Waals surface area contributed by atoms with Crippen LogP contribution in [-0.4, -0.2) is 34.5 Å². The molecule has 0 atom stereocenters. The molecule has 6 nitrogen and oxygen atoms in total. The van der Waals surface area contributed by atoms with Crippen molar-refractivity contribution < 1.29 is 4.79 Å². The van der Waals surface area contributed by atoms with Crippen molar-refractivity contribution in [1.29, 1.82) is 0 Å². The van der Waals surface area contributed by atoms with Crippen LogP contribution in [0.3, 0.4) is 0 Å². The van der Waals surface area contributed by atoms with Crippen LogP contribution in [0.1, 0.15) is 16.1 Å². The first-order valence-corrected chi connectivity index (χ1v) is 9.12. The molecule has 0 unspecified atom stereocenters. The van der Waals surface area contributed by atoms with E-state index in [-0.39, 0.29) is 5.69 Å². The topological polar surface area (TPSA) is 87.9 Å².